The van der Waals surface area contributed by atoms with E-state index in [4.69, 9.17) is 0 Å². The summed E-state index contributed by atoms with van der Waals surface area (Å²) in [6.45, 7) is 1.71. The Labute approximate surface area is 250 Å². The highest BCUT2D eigenvalue weighted by atomic mass is 19.4. The molecule has 0 radical (unpaired) electrons. The second-order valence-electron chi connectivity index (χ2n) is 11.7. The summed E-state index contributed by atoms with van der Waals surface area (Å²) in [5.41, 5.74) is -0.583. The van der Waals surface area contributed by atoms with Crippen molar-refractivity contribution in [3.8, 4) is 17.3 Å². The summed E-state index contributed by atoms with van der Waals surface area (Å²) in [6.07, 6.45) is 3.26. The van der Waals surface area contributed by atoms with Crippen molar-refractivity contribution in [1.82, 2.24) is 44.4 Å². The van der Waals surface area contributed by atoms with Gasteiger partial charge in [-0.3, -0.25) is 14.4 Å². The lowest BCUT2D eigenvalue weighted by Gasteiger charge is -2.53. The van der Waals surface area contributed by atoms with Gasteiger partial charge < -0.3 is 14.8 Å². The topological polar surface area (TPSA) is 123 Å². The Balaban J connectivity index is 1.13. The van der Waals surface area contributed by atoms with E-state index in [0.717, 1.165) is 28.4 Å². The Kier molecular flexibility index (Phi) is 7.58. The molecule has 0 atom stereocenters. The third-order valence-electron chi connectivity index (χ3n) is 8.35. The van der Waals surface area contributed by atoms with Gasteiger partial charge in [-0.2, -0.15) is 23.5 Å². The summed E-state index contributed by atoms with van der Waals surface area (Å²) < 4.78 is 57.4. The SMILES string of the molecule is CN(C)Cc1cc(C(=O)N2CCC(N3CC(CC#N)(n4cc(-c5ncnc6[nH]ccc56)cn4)C3)CC2)c(F)c(C(F)(F)F)n1. The summed E-state index contributed by atoms with van der Waals surface area (Å²) in [6, 6.07) is 5.40. The average molecular weight is 611 g/mol. The number of hydrogen-bond acceptors (Lipinski definition) is 8. The van der Waals surface area contributed by atoms with Crippen molar-refractivity contribution in [1.29, 1.82) is 5.26 Å². The fourth-order valence-corrected chi connectivity index (χ4v) is 6.20. The lowest BCUT2D eigenvalue weighted by Crippen LogP contribution is -2.66. The minimum Gasteiger partial charge on any atom is -0.346 e. The quantitative estimate of drug-likeness (QED) is 0.315. The second-order valence-corrected chi connectivity index (χ2v) is 11.7. The highest BCUT2D eigenvalue weighted by Crippen LogP contribution is 2.38. The van der Waals surface area contributed by atoms with Crippen molar-refractivity contribution < 1.29 is 22.4 Å². The first-order valence-corrected chi connectivity index (χ1v) is 14.1. The number of carbonyl (C=O) groups is 1. The number of alkyl halides is 3. The van der Waals surface area contributed by atoms with Crippen molar-refractivity contribution in [2.45, 2.75) is 43.6 Å². The molecular weight excluding hydrogens is 580 g/mol. The Bertz CT molecular complexity index is 1730. The highest BCUT2D eigenvalue weighted by Gasteiger charge is 2.48. The number of aromatic nitrogens is 6. The molecule has 6 rings (SSSR count). The Morgan fingerprint density at radius 3 is 2.66 bits per heavy atom. The van der Waals surface area contributed by atoms with Crippen LogP contribution in [0.3, 0.4) is 0 Å². The van der Waals surface area contributed by atoms with Crippen LogP contribution in [0.2, 0.25) is 0 Å². The van der Waals surface area contributed by atoms with Gasteiger partial charge in [0.1, 0.15) is 17.5 Å². The third-order valence-corrected chi connectivity index (χ3v) is 8.35. The first-order valence-electron chi connectivity index (χ1n) is 14.1. The number of likely N-dealkylation sites (tertiary alicyclic amines) is 2. The fraction of sp³-hybridized carbons (Fsp3) is 0.448. The highest BCUT2D eigenvalue weighted by molar-refractivity contribution is 5.95. The molecule has 1 N–H and O–H groups in total. The molecule has 0 spiro atoms. The van der Waals surface area contributed by atoms with Gasteiger partial charge in [-0.15, -0.1) is 0 Å². The summed E-state index contributed by atoms with van der Waals surface area (Å²) in [5.74, 6) is -2.42. The van der Waals surface area contributed by atoms with E-state index in [2.05, 4.69) is 36.0 Å². The van der Waals surface area contributed by atoms with Gasteiger partial charge in [0.25, 0.3) is 5.91 Å². The largest absolute Gasteiger partial charge is 0.436 e. The molecule has 4 aromatic heterocycles. The molecular formula is C29H30F4N10O. The van der Waals surface area contributed by atoms with Crippen molar-refractivity contribution in [3.63, 3.8) is 0 Å². The van der Waals surface area contributed by atoms with Gasteiger partial charge >= 0.3 is 6.18 Å². The van der Waals surface area contributed by atoms with Crippen LogP contribution >= 0.6 is 0 Å². The number of fused-ring (bicyclic) bond motifs is 1. The van der Waals surface area contributed by atoms with Crippen LogP contribution in [0.1, 0.15) is 41.0 Å². The zero-order valence-corrected chi connectivity index (χ0v) is 24.1. The monoisotopic (exact) mass is 610 g/mol. The first-order chi connectivity index (χ1) is 21.0. The van der Waals surface area contributed by atoms with E-state index >= 15 is 0 Å². The average Bonchev–Trinajstić information content (AvgIpc) is 3.65. The van der Waals surface area contributed by atoms with Crippen LogP contribution in [-0.4, -0.2) is 96.6 Å². The molecule has 0 aromatic carbocycles. The van der Waals surface area contributed by atoms with Crippen LogP contribution in [0.5, 0.6) is 0 Å². The molecule has 2 saturated heterocycles. The number of rotatable bonds is 7. The predicted molar refractivity (Wildman–Crippen MR) is 150 cm³/mol. The molecule has 0 aliphatic carbocycles. The van der Waals surface area contributed by atoms with E-state index < -0.39 is 34.7 Å². The Hall–Kier alpha value is -4.42. The number of halogens is 4. The Morgan fingerprint density at radius 1 is 1.23 bits per heavy atom. The van der Waals surface area contributed by atoms with Crippen molar-refractivity contribution in [2.24, 2.45) is 0 Å². The van der Waals surface area contributed by atoms with Gasteiger partial charge in [-0.05, 0) is 39.1 Å². The lowest BCUT2D eigenvalue weighted by molar-refractivity contribution is -0.143. The number of piperidine rings is 1. The molecule has 4 aromatic rings. The molecule has 2 aliphatic rings. The molecule has 0 unspecified atom stereocenters. The molecule has 2 aliphatic heterocycles. The second kappa shape index (κ2) is 11.3. The minimum absolute atomic E-state index is 0.0262. The van der Waals surface area contributed by atoms with Crippen LogP contribution in [0.15, 0.2) is 37.1 Å². The smallest absolute Gasteiger partial charge is 0.346 e. The number of hydrogen-bond donors (Lipinski definition) is 1. The van der Waals surface area contributed by atoms with E-state index in [-0.39, 0.29) is 37.8 Å². The van der Waals surface area contributed by atoms with E-state index in [9.17, 15) is 27.6 Å². The van der Waals surface area contributed by atoms with Crippen LogP contribution < -0.4 is 0 Å². The van der Waals surface area contributed by atoms with Crippen LogP contribution in [0.4, 0.5) is 17.6 Å². The number of aromatic amines is 1. The normalized spacial score (nSPS) is 17.6. The maximum atomic E-state index is 15.0. The molecule has 44 heavy (non-hydrogen) atoms. The number of nitriles is 1. The van der Waals surface area contributed by atoms with Crippen LogP contribution in [-0.2, 0) is 18.3 Å². The summed E-state index contributed by atoms with van der Waals surface area (Å²) in [4.78, 5) is 33.7. The van der Waals surface area contributed by atoms with E-state index in [1.807, 2.05) is 16.9 Å². The van der Waals surface area contributed by atoms with E-state index in [0.29, 0.717) is 25.9 Å². The lowest BCUT2D eigenvalue weighted by atomic mass is 9.83. The minimum atomic E-state index is -5.03. The molecule has 15 heteroatoms. The maximum Gasteiger partial charge on any atom is 0.436 e. The summed E-state index contributed by atoms with van der Waals surface area (Å²) in [7, 11) is 3.30. The zero-order valence-electron chi connectivity index (χ0n) is 24.1. The first kappa shape index (κ1) is 29.6. The van der Waals surface area contributed by atoms with Gasteiger partial charge in [0.2, 0.25) is 0 Å². The van der Waals surface area contributed by atoms with E-state index in [1.165, 1.54) is 11.2 Å². The third kappa shape index (κ3) is 5.39. The predicted octanol–water partition coefficient (Wildman–Crippen LogP) is 3.67. The van der Waals surface area contributed by atoms with Crippen LogP contribution in [0, 0.1) is 17.1 Å². The zero-order chi connectivity index (χ0) is 31.2. The fourth-order valence-electron chi connectivity index (χ4n) is 6.20. The molecule has 0 saturated carbocycles. The number of nitrogens with zero attached hydrogens (tertiary/aromatic N) is 9. The van der Waals surface area contributed by atoms with Gasteiger partial charge in [-0.25, -0.2) is 19.3 Å². The van der Waals surface area contributed by atoms with Crippen molar-refractivity contribution >= 4 is 16.9 Å². The standard InChI is InChI=1S/C29H30F4N10O/c1-40(2)14-19-11-22(23(30)25(39-19)29(31,32)33)27(44)41-9-4-20(5-10-41)42-15-28(16-42,6-7-34)43-13-18(12-38-43)24-21-3-8-35-26(21)37-17-36-24/h3,8,11-13,17,20H,4-6,9-10,14-16H2,1-2H3,(H,35,36,37). The summed E-state index contributed by atoms with van der Waals surface area (Å²) >= 11 is 0. The summed E-state index contributed by atoms with van der Waals surface area (Å²) in [5, 5.41) is 15.1. The molecule has 0 bridgehead atoms. The maximum absolute atomic E-state index is 15.0. The molecule has 1 amide bonds. The van der Waals surface area contributed by atoms with Gasteiger partial charge in [0, 0.05) is 62.1 Å². The number of amides is 1. The van der Waals surface area contributed by atoms with Gasteiger partial charge in [-0.1, -0.05) is 0 Å². The van der Waals surface area contributed by atoms with Crippen molar-refractivity contribution in [2.75, 3.05) is 40.3 Å². The number of pyridine rings is 1. The van der Waals surface area contributed by atoms with Gasteiger partial charge in [0.05, 0.1) is 35.6 Å². The number of carbonyl (C=O) groups excluding carboxylic acids is 1. The van der Waals surface area contributed by atoms with Crippen molar-refractivity contribution in [3.05, 3.63) is 59.8 Å². The molecule has 11 nitrogen and oxygen atoms in total. The van der Waals surface area contributed by atoms with Gasteiger partial charge in [0.15, 0.2) is 11.5 Å². The molecule has 2 fully saturated rings. The van der Waals surface area contributed by atoms with Crippen LogP contribution in [0.25, 0.3) is 22.3 Å². The Morgan fingerprint density at radius 2 is 1.98 bits per heavy atom. The van der Waals surface area contributed by atoms with E-state index in [1.54, 1.807) is 31.4 Å². The molecule has 6 heterocycles. The number of nitrogens with one attached hydrogen (secondary N) is 1. The number of H-pyrrole nitrogens is 1. The molecule has 230 valence electrons.